The van der Waals surface area contributed by atoms with Crippen molar-refractivity contribution in [3.8, 4) is 0 Å². The number of nitrogens with one attached hydrogen (secondary N) is 1. The standard InChI is InChI=1S/C18H18N2O2/c1-11-7-12(2)16-13(3)17(22-15(16)8-11)18(21)20-10-14-5-4-6-19-9-14/h4-9H,10H2,1-3H3,(H,20,21). The molecule has 0 fully saturated rings. The first-order valence-corrected chi connectivity index (χ1v) is 7.23. The quantitative estimate of drug-likeness (QED) is 0.801. The zero-order valence-corrected chi connectivity index (χ0v) is 12.9. The summed E-state index contributed by atoms with van der Waals surface area (Å²) >= 11 is 0. The smallest absolute Gasteiger partial charge is 0.287 e. The van der Waals surface area contributed by atoms with Crippen LogP contribution in [0.1, 0.15) is 32.8 Å². The number of amides is 1. The van der Waals surface area contributed by atoms with Gasteiger partial charge >= 0.3 is 0 Å². The first kappa shape index (κ1) is 14.3. The molecule has 0 aliphatic heterocycles. The predicted octanol–water partition coefficient (Wildman–Crippen LogP) is 3.68. The van der Waals surface area contributed by atoms with Crippen molar-refractivity contribution >= 4 is 16.9 Å². The first-order valence-electron chi connectivity index (χ1n) is 7.23. The number of benzene rings is 1. The number of hydrogen-bond acceptors (Lipinski definition) is 3. The molecule has 112 valence electrons. The lowest BCUT2D eigenvalue weighted by Crippen LogP contribution is -2.23. The van der Waals surface area contributed by atoms with Gasteiger partial charge in [0.25, 0.3) is 5.91 Å². The summed E-state index contributed by atoms with van der Waals surface area (Å²) < 4.78 is 5.78. The SMILES string of the molecule is Cc1cc(C)c2c(C)c(C(=O)NCc3cccnc3)oc2c1. The molecule has 0 aliphatic carbocycles. The molecule has 3 aromatic rings. The van der Waals surface area contributed by atoms with Crippen LogP contribution in [0.2, 0.25) is 0 Å². The molecular weight excluding hydrogens is 276 g/mol. The molecule has 4 nitrogen and oxygen atoms in total. The molecule has 0 saturated heterocycles. The van der Waals surface area contributed by atoms with Gasteiger partial charge in [-0.2, -0.15) is 0 Å². The third kappa shape index (κ3) is 2.60. The molecule has 2 heterocycles. The van der Waals surface area contributed by atoms with Crippen LogP contribution in [0.4, 0.5) is 0 Å². The molecule has 3 rings (SSSR count). The second-order valence-corrected chi connectivity index (χ2v) is 5.56. The summed E-state index contributed by atoms with van der Waals surface area (Å²) in [6.45, 7) is 6.41. The molecule has 0 atom stereocenters. The highest BCUT2D eigenvalue weighted by atomic mass is 16.3. The number of aromatic nitrogens is 1. The Balaban J connectivity index is 1.88. The highest BCUT2D eigenvalue weighted by molar-refractivity contribution is 5.99. The molecule has 0 radical (unpaired) electrons. The zero-order valence-electron chi connectivity index (χ0n) is 12.9. The van der Waals surface area contributed by atoms with Crippen molar-refractivity contribution in [1.29, 1.82) is 0 Å². The van der Waals surface area contributed by atoms with E-state index < -0.39 is 0 Å². The molecule has 0 bridgehead atoms. The average Bonchev–Trinajstić information content (AvgIpc) is 2.83. The number of carbonyl (C=O) groups excluding carboxylic acids is 1. The third-order valence-corrected chi connectivity index (χ3v) is 3.75. The van der Waals surface area contributed by atoms with Gasteiger partial charge in [0.15, 0.2) is 5.76 Å². The van der Waals surface area contributed by atoms with Crippen molar-refractivity contribution in [3.63, 3.8) is 0 Å². The molecule has 0 aliphatic rings. The molecule has 0 unspecified atom stereocenters. The number of hydrogen-bond donors (Lipinski definition) is 1. The van der Waals surface area contributed by atoms with Gasteiger partial charge in [-0.05, 0) is 49.6 Å². The zero-order chi connectivity index (χ0) is 15.7. The van der Waals surface area contributed by atoms with E-state index >= 15 is 0 Å². The lowest BCUT2D eigenvalue weighted by molar-refractivity contribution is 0.0924. The van der Waals surface area contributed by atoms with E-state index in [4.69, 9.17) is 4.42 Å². The first-order chi connectivity index (χ1) is 10.6. The predicted molar refractivity (Wildman–Crippen MR) is 85.8 cm³/mol. The third-order valence-electron chi connectivity index (χ3n) is 3.75. The molecule has 2 aromatic heterocycles. The molecule has 1 aromatic carbocycles. The highest BCUT2D eigenvalue weighted by Crippen LogP contribution is 2.29. The Labute approximate surface area is 129 Å². The lowest BCUT2D eigenvalue weighted by atomic mass is 10.0. The van der Waals surface area contributed by atoms with E-state index in [9.17, 15) is 4.79 Å². The number of pyridine rings is 1. The van der Waals surface area contributed by atoms with Crippen molar-refractivity contribution in [2.75, 3.05) is 0 Å². The minimum Gasteiger partial charge on any atom is -0.451 e. The van der Waals surface area contributed by atoms with E-state index in [1.54, 1.807) is 12.4 Å². The number of aryl methyl sites for hydroxylation is 3. The highest BCUT2D eigenvalue weighted by Gasteiger charge is 2.18. The molecule has 22 heavy (non-hydrogen) atoms. The topological polar surface area (TPSA) is 55.1 Å². The van der Waals surface area contributed by atoms with Gasteiger partial charge < -0.3 is 9.73 Å². The average molecular weight is 294 g/mol. The van der Waals surface area contributed by atoms with Crippen LogP contribution >= 0.6 is 0 Å². The fraction of sp³-hybridized carbons (Fsp3) is 0.222. The number of carbonyl (C=O) groups is 1. The Morgan fingerprint density at radius 2 is 2.09 bits per heavy atom. The fourth-order valence-corrected chi connectivity index (χ4v) is 2.77. The van der Waals surface area contributed by atoms with Gasteiger partial charge in [0.2, 0.25) is 0 Å². The van der Waals surface area contributed by atoms with Crippen LogP contribution < -0.4 is 5.32 Å². The maximum absolute atomic E-state index is 12.4. The van der Waals surface area contributed by atoms with Gasteiger partial charge in [-0.1, -0.05) is 12.1 Å². The maximum atomic E-state index is 12.4. The van der Waals surface area contributed by atoms with Gasteiger partial charge in [0.05, 0.1) is 0 Å². The Morgan fingerprint density at radius 3 is 2.82 bits per heavy atom. The lowest BCUT2D eigenvalue weighted by Gasteiger charge is -2.03. The van der Waals surface area contributed by atoms with Crippen LogP contribution in [-0.2, 0) is 6.54 Å². The van der Waals surface area contributed by atoms with Gasteiger partial charge in [-0.3, -0.25) is 9.78 Å². The maximum Gasteiger partial charge on any atom is 0.287 e. The summed E-state index contributed by atoms with van der Waals surface area (Å²) in [6, 6.07) is 7.84. The molecule has 4 heteroatoms. The van der Waals surface area contributed by atoms with E-state index in [1.165, 1.54) is 0 Å². The van der Waals surface area contributed by atoms with Crippen LogP contribution in [0.5, 0.6) is 0 Å². The minimum atomic E-state index is -0.199. The van der Waals surface area contributed by atoms with Crippen molar-refractivity contribution in [3.05, 3.63) is 64.7 Å². The van der Waals surface area contributed by atoms with Crippen LogP contribution in [-0.4, -0.2) is 10.9 Å². The van der Waals surface area contributed by atoms with Crippen molar-refractivity contribution in [2.24, 2.45) is 0 Å². The normalized spacial score (nSPS) is 10.9. The molecule has 1 N–H and O–H groups in total. The van der Waals surface area contributed by atoms with Gasteiger partial charge in [-0.15, -0.1) is 0 Å². The fourth-order valence-electron chi connectivity index (χ4n) is 2.77. The Hall–Kier alpha value is -2.62. The van der Waals surface area contributed by atoms with Crippen LogP contribution in [0.3, 0.4) is 0 Å². The largest absolute Gasteiger partial charge is 0.451 e. The summed E-state index contributed by atoms with van der Waals surface area (Å²) in [4.78, 5) is 16.4. The Morgan fingerprint density at radius 1 is 1.27 bits per heavy atom. The number of fused-ring (bicyclic) bond motifs is 1. The van der Waals surface area contributed by atoms with Gasteiger partial charge in [0.1, 0.15) is 5.58 Å². The van der Waals surface area contributed by atoms with Crippen LogP contribution in [0, 0.1) is 20.8 Å². The van der Waals surface area contributed by atoms with Crippen molar-refractivity contribution in [2.45, 2.75) is 27.3 Å². The van der Waals surface area contributed by atoms with E-state index in [0.29, 0.717) is 12.3 Å². The molecular formula is C18H18N2O2. The summed E-state index contributed by atoms with van der Waals surface area (Å²) in [5.41, 5.74) is 4.86. The minimum absolute atomic E-state index is 0.199. The van der Waals surface area contributed by atoms with Crippen LogP contribution in [0.25, 0.3) is 11.0 Å². The van der Waals surface area contributed by atoms with Crippen molar-refractivity contribution < 1.29 is 9.21 Å². The van der Waals surface area contributed by atoms with E-state index in [0.717, 1.165) is 33.2 Å². The molecule has 1 amide bonds. The Kier molecular flexibility index (Phi) is 3.67. The summed E-state index contributed by atoms with van der Waals surface area (Å²) in [5, 5.41) is 3.90. The van der Waals surface area contributed by atoms with E-state index in [2.05, 4.69) is 16.4 Å². The second-order valence-electron chi connectivity index (χ2n) is 5.56. The van der Waals surface area contributed by atoms with Gasteiger partial charge in [0, 0.05) is 29.9 Å². The summed E-state index contributed by atoms with van der Waals surface area (Å²) in [7, 11) is 0. The Bertz CT molecular complexity index is 835. The summed E-state index contributed by atoms with van der Waals surface area (Å²) in [6.07, 6.45) is 3.44. The number of nitrogens with zero attached hydrogens (tertiary/aromatic N) is 1. The summed E-state index contributed by atoms with van der Waals surface area (Å²) in [5.74, 6) is 0.183. The number of rotatable bonds is 3. The van der Waals surface area contributed by atoms with Crippen molar-refractivity contribution in [1.82, 2.24) is 10.3 Å². The van der Waals surface area contributed by atoms with E-state index in [1.807, 2.05) is 39.0 Å². The van der Waals surface area contributed by atoms with Gasteiger partial charge in [-0.25, -0.2) is 0 Å². The number of furan rings is 1. The van der Waals surface area contributed by atoms with E-state index in [-0.39, 0.29) is 5.91 Å². The van der Waals surface area contributed by atoms with Crippen LogP contribution in [0.15, 0.2) is 41.1 Å². The monoisotopic (exact) mass is 294 g/mol. The second kappa shape index (κ2) is 5.64. The molecule has 0 saturated carbocycles. The molecule has 0 spiro atoms.